The molecule has 21 heavy (non-hydrogen) atoms. The molecule has 2 nitrogen and oxygen atoms in total. The molecule has 1 saturated heterocycles. The van der Waals surface area contributed by atoms with Crippen molar-refractivity contribution in [3.8, 4) is 0 Å². The lowest BCUT2D eigenvalue weighted by Crippen LogP contribution is -2.40. The van der Waals surface area contributed by atoms with Crippen molar-refractivity contribution in [3.63, 3.8) is 0 Å². The topological polar surface area (TPSA) is 23.5 Å². The number of likely N-dealkylation sites (tertiary alicyclic amines) is 1. The van der Waals surface area contributed by atoms with E-state index in [1.807, 2.05) is 30.3 Å². The molecule has 1 fully saturated rings. The third-order valence-corrected chi connectivity index (χ3v) is 4.84. The van der Waals surface area contributed by atoms with Crippen LogP contribution in [-0.2, 0) is 12.1 Å². The number of hydrogen-bond donors (Lipinski definition) is 1. The van der Waals surface area contributed by atoms with E-state index in [4.69, 9.17) is 11.6 Å². The van der Waals surface area contributed by atoms with Crippen molar-refractivity contribution in [3.05, 3.63) is 70.7 Å². The van der Waals surface area contributed by atoms with Gasteiger partial charge in [-0.15, -0.1) is 0 Å². The average Bonchev–Trinajstić information content (AvgIpc) is 2.79. The molecule has 1 aliphatic heterocycles. The van der Waals surface area contributed by atoms with E-state index >= 15 is 0 Å². The molecule has 1 N–H and O–H groups in total. The lowest BCUT2D eigenvalue weighted by molar-refractivity contribution is 0.00475. The van der Waals surface area contributed by atoms with Crippen LogP contribution in [0.1, 0.15) is 24.5 Å². The first-order chi connectivity index (χ1) is 10.1. The Bertz CT molecular complexity index is 598. The van der Waals surface area contributed by atoms with Gasteiger partial charge in [-0.25, -0.2) is 0 Å². The third kappa shape index (κ3) is 2.84. The van der Waals surface area contributed by atoms with E-state index in [1.165, 1.54) is 5.56 Å². The van der Waals surface area contributed by atoms with E-state index in [2.05, 4.69) is 36.1 Å². The van der Waals surface area contributed by atoms with Crippen LogP contribution in [-0.4, -0.2) is 22.6 Å². The van der Waals surface area contributed by atoms with E-state index in [-0.39, 0.29) is 6.04 Å². The molecule has 0 radical (unpaired) electrons. The Morgan fingerprint density at radius 1 is 1.14 bits per heavy atom. The Balaban J connectivity index is 1.79. The van der Waals surface area contributed by atoms with Crippen molar-refractivity contribution in [2.45, 2.75) is 31.5 Å². The zero-order chi connectivity index (χ0) is 14.9. The summed E-state index contributed by atoms with van der Waals surface area (Å²) in [5.74, 6) is 0. The highest BCUT2D eigenvalue weighted by Gasteiger charge is 2.44. The van der Waals surface area contributed by atoms with Gasteiger partial charge in [-0.1, -0.05) is 54.1 Å². The Morgan fingerprint density at radius 3 is 2.48 bits per heavy atom. The summed E-state index contributed by atoms with van der Waals surface area (Å²) in [4.78, 5) is 2.34. The van der Waals surface area contributed by atoms with Crippen LogP contribution in [0.3, 0.4) is 0 Å². The largest absolute Gasteiger partial charge is 0.383 e. The van der Waals surface area contributed by atoms with Crippen LogP contribution in [0, 0.1) is 0 Å². The number of rotatable bonds is 3. The highest BCUT2D eigenvalue weighted by Crippen LogP contribution is 2.38. The second kappa shape index (κ2) is 5.80. The number of aliphatic hydroxyl groups is 1. The maximum Gasteiger partial charge on any atom is 0.106 e. The molecule has 0 amide bonds. The van der Waals surface area contributed by atoms with Crippen LogP contribution in [0.5, 0.6) is 0 Å². The quantitative estimate of drug-likeness (QED) is 0.931. The van der Waals surface area contributed by atoms with Crippen LogP contribution in [0.15, 0.2) is 54.6 Å². The normalized spacial score (nSPS) is 26.1. The summed E-state index contributed by atoms with van der Waals surface area (Å²) in [6.07, 6.45) is 0.753. The molecule has 3 heteroatoms. The molecule has 1 heterocycles. The summed E-state index contributed by atoms with van der Waals surface area (Å²) in [5.41, 5.74) is 1.44. The Labute approximate surface area is 131 Å². The highest BCUT2D eigenvalue weighted by atomic mass is 35.5. The van der Waals surface area contributed by atoms with Gasteiger partial charge >= 0.3 is 0 Å². The molecular formula is C18H20ClNO. The standard InChI is InChI=1S/C18H20ClNO/c1-14-18(21,16-7-9-17(19)10-8-16)11-12-20(14)13-15-5-3-2-4-6-15/h2-10,14,21H,11-13H2,1H3. The second-order valence-corrected chi connectivity index (χ2v) is 6.25. The SMILES string of the molecule is CC1N(Cc2ccccc2)CCC1(O)c1ccc(Cl)cc1. The summed E-state index contributed by atoms with van der Waals surface area (Å²) >= 11 is 5.94. The minimum absolute atomic E-state index is 0.0823. The van der Waals surface area contributed by atoms with Crippen LogP contribution in [0.25, 0.3) is 0 Å². The molecule has 0 bridgehead atoms. The van der Waals surface area contributed by atoms with Gasteiger partial charge in [0.2, 0.25) is 0 Å². The van der Waals surface area contributed by atoms with Crippen molar-refractivity contribution in [2.75, 3.05) is 6.54 Å². The van der Waals surface area contributed by atoms with Crippen LogP contribution in [0.4, 0.5) is 0 Å². The predicted molar refractivity (Wildman–Crippen MR) is 86.3 cm³/mol. The van der Waals surface area contributed by atoms with Crippen molar-refractivity contribution in [1.29, 1.82) is 0 Å². The van der Waals surface area contributed by atoms with Crippen LogP contribution >= 0.6 is 11.6 Å². The van der Waals surface area contributed by atoms with Gasteiger partial charge < -0.3 is 5.11 Å². The zero-order valence-electron chi connectivity index (χ0n) is 12.2. The maximum atomic E-state index is 11.1. The number of nitrogens with zero attached hydrogens (tertiary/aromatic N) is 1. The van der Waals surface area contributed by atoms with Crippen molar-refractivity contribution in [2.24, 2.45) is 0 Å². The molecule has 0 spiro atoms. The molecule has 0 aliphatic carbocycles. The first-order valence-electron chi connectivity index (χ1n) is 7.36. The summed E-state index contributed by atoms with van der Waals surface area (Å²) in [6, 6.07) is 18.1. The van der Waals surface area contributed by atoms with Crippen molar-refractivity contribution < 1.29 is 5.11 Å². The first kappa shape index (κ1) is 14.6. The Morgan fingerprint density at radius 2 is 1.81 bits per heavy atom. The fourth-order valence-corrected chi connectivity index (χ4v) is 3.30. The molecular weight excluding hydrogens is 282 g/mol. The van der Waals surface area contributed by atoms with Crippen LogP contribution in [0.2, 0.25) is 5.02 Å². The number of benzene rings is 2. The van der Waals surface area contributed by atoms with E-state index in [9.17, 15) is 5.11 Å². The van der Waals surface area contributed by atoms with E-state index in [0.29, 0.717) is 5.02 Å². The fraction of sp³-hybridized carbons (Fsp3) is 0.333. The van der Waals surface area contributed by atoms with Gasteiger partial charge in [0.05, 0.1) is 0 Å². The molecule has 110 valence electrons. The van der Waals surface area contributed by atoms with Crippen molar-refractivity contribution in [1.82, 2.24) is 4.90 Å². The first-order valence-corrected chi connectivity index (χ1v) is 7.74. The van der Waals surface area contributed by atoms with Gasteiger partial charge in [0, 0.05) is 24.2 Å². The molecule has 3 rings (SSSR count). The monoisotopic (exact) mass is 301 g/mol. The molecule has 1 aliphatic rings. The summed E-state index contributed by atoms with van der Waals surface area (Å²) < 4.78 is 0. The van der Waals surface area contributed by atoms with E-state index in [0.717, 1.165) is 25.1 Å². The van der Waals surface area contributed by atoms with Crippen molar-refractivity contribution >= 4 is 11.6 Å². The molecule has 0 aromatic heterocycles. The minimum atomic E-state index is -0.792. The summed E-state index contributed by atoms with van der Waals surface area (Å²) in [7, 11) is 0. The Kier molecular flexibility index (Phi) is 4.03. The molecule has 0 saturated carbocycles. The Hall–Kier alpha value is -1.35. The predicted octanol–water partition coefficient (Wildman–Crippen LogP) is 3.82. The van der Waals surface area contributed by atoms with E-state index in [1.54, 1.807) is 0 Å². The smallest absolute Gasteiger partial charge is 0.106 e. The molecule has 2 aromatic carbocycles. The van der Waals surface area contributed by atoms with Crippen LogP contribution < -0.4 is 0 Å². The van der Waals surface area contributed by atoms with Gasteiger partial charge in [-0.2, -0.15) is 0 Å². The number of hydrogen-bond acceptors (Lipinski definition) is 2. The van der Waals surface area contributed by atoms with E-state index < -0.39 is 5.60 Å². The highest BCUT2D eigenvalue weighted by molar-refractivity contribution is 6.30. The fourth-order valence-electron chi connectivity index (χ4n) is 3.18. The molecule has 2 atom stereocenters. The maximum absolute atomic E-state index is 11.1. The third-order valence-electron chi connectivity index (χ3n) is 4.59. The van der Waals surface area contributed by atoms with Gasteiger partial charge in [0.25, 0.3) is 0 Å². The lowest BCUT2D eigenvalue weighted by Gasteiger charge is -2.32. The van der Waals surface area contributed by atoms with Gasteiger partial charge in [0.15, 0.2) is 0 Å². The zero-order valence-corrected chi connectivity index (χ0v) is 12.9. The second-order valence-electron chi connectivity index (χ2n) is 5.81. The summed E-state index contributed by atoms with van der Waals surface area (Å²) in [5, 5.41) is 11.8. The minimum Gasteiger partial charge on any atom is -0.383 e. The van der Waals surface area contributed by atoms with Gasteiger partial charge in [-0.05, 0) is 36.6 Å². The summed E-state index contributed by atoms with van der Waals surface area (Å²) in [6.45, 7) is 3.87. The van der Waals surface area contributed by atoms with Gasteiger partial charge in [-0.3, -0.25) is 4.90 Å². The molecule has 2 unspecified atom stereocenters. The van der Waals surface area contributed by atoms with Gasteiger partial charge in [0.1, 0.15) is 5.60 Å². The lowest BCUT2D eigenvalue weighted by atomic mass is 9.87. The average molecular weight is 302 g/mol. The number of halogens is 1. The molecule has 2 aromatic rings.